The fourth-order valence-corrected chi connectivity index (χ4v) is 2.75. The number of amides is 1. The second kappa shape index (κ2) is 20.8. The van der Waals surface area contributed by atoms with Gasteiger partial charge in [-0.15, -0.1) is 0 Å². The molecule has 0 saturated carbocycles. The number of halogens is 3. The molecule has 0 radical (unpaired) electrons. The van der Waals surface area contributed by atoms with Crippen molar-refractivity contribution >= 4 is 35.2 Å². The largest absolute Gasteiger partial charge is 0.471 e. The van der Waals surface area contributed by atoms with Crippen molar-refractivity contribution in [2.24, 2.45) is 0 Å². The minimum absolute atomic E-state index is 0.0276. The fraction of sp³-hybridized carbons (Fsp3) is 0.611. The van der Waals surface area contributed by atoms with Gasteiger partial charge in [-0.3, -0.25) is 9.36 Å². The van der Waals surface area contributed by atoms with Crippen LogP contribution in [-0.4, -0.2) is 116 Å². The lowest BCUT2D eigenvalue weighted by Crippen LogP contribution is -2.41. The molecule has 0 spiro atoms. The van der Waals surface area contributed by atoms with Crippen LogP contribution in [0.5, 0.6) is 0 Å². The third kappa shape index (κ3) is 27.9. The van der Waals surface area contributed by atoms with Crippen LogP contribution in [0.2, 0.25) is 0 Å². The number of aliphatic hydroxyl groups is 1. The van der Waals surface area contributed by atoms with Crippen LogP contribution in [0.4, 0.5) is 19.0 Å². The molecule has 1 aliphatic heterocycles. The van der Waals surface area contributed by atoms with Crippen LogP contribution >= 0.6 is 23.5 Å². The lowest BCUT2D eigenvalue weighted by molar-refractivity contribution is -0.173. The van der Waals surface area contributed by atoms with E-state index in [0.29, 0.717) is 12.8 Å². The van der Waals surface area contributed by atoms with Gasteiger partial charge in [0.1, 0.15) is 12.4 Å². The number of nitrogens with one attached hydrogen (secondary N) is 1. The summed E-state index contributed by atoms with van der Waals surface area (Å²) in [6, 6.07) is 1.44. The van der Waals surface area contributed by atoms with Crippen molar-refractivity contribution in [2.45, 2.75) is 30.8 Å². The Kier molecular flexibility index (Phi) is 20.7. The molecule has 0 bridgehead atoms. The van der Waals surface area contributed by atoms with Crippen molar-refractivity contribution < 1.29 is 95.0 Å². The molecule has 0 aliphatic carbocycles. The minimum Gasteiger partial charge on any atom is -0.394 e. The van der Waals surface area contributed by atoms with Crippen molar-refractivity contribution in [1.82, 2.24) is 14.9 Å². The summed E-state index contributed by atoms with van der Waals surface area (Å²) < 4.78 is 79.9. The molecule has 1 aliphatic rings. The Labute approximate surface area is 256 Å². The first-order valence-corrected chi connectivity index (χ1v) is 16.4. The second-order valence-electron chi connectivity index (χ2n) is 8.01. The molecule has 1 saturated heterocycles. The maximum absolute atomic E-state index is 12.2. The first kappa shape index (κ1) is 45.8. The lowest BCUT2D eigenvalue weighted by Gasteiger charge is -2.25. The van der Waals surface area contributed by atoms with E-state index in [2.05, 4.69) is 16.8 Å². The van der Waals surface area contributed by atoms with Gasteiger partial charge in [0.25, 0.3) is 0 Å². The van der Waals surface area contributed by atoms with Crippen molar-refractivity contribution in [3.8, 4) is 11.8 Å². The molecule has 28 heteroatoms. The van der Waals surface area contributed by atoms with E-state index in [-0.39, 0.29) is 45.4 Å². The van der Waals surface area contributed by atoms with Crippen LogP contribution in [0.15, 0.2) is 17.1 Å². The number of nitrogens with two attached hydrogens (primary N) is 1. The zero-order chi connectivity index (χ0) is 36.4. The number of carbonyl (C=O) groups excluding carboxylic acids is 1. The Bertz CT molecular complexity index is 1270. The monoisotopic (exact) mass is 742 g/mol. The van der Waals surface area contributed by atoms with E-state index in [1.807, 2.05) is 0 Å². The number of hydrogen-bond donors (Lipinski definition) is 12. The van der Waals surface area contributed by atoms with Crippen molar-refractivity contribution in [3.05, 3.63) is 22.7 Å². The number of alkyl halides is 3. The number of nitrogens with zero attached hydrogens (tertiary/aromatic N) is 2. The van der Waals surface area contributed by atoms with E-state index in [9.17, 15) is 27.9 Å². The summed E-state index contributed by atoms with van der Waals surface area (Å²) in [4.78, 5) is 91.2. The molecule has 2 rings (SSSR count). The van der Waals surface area contributed by atoms with Gasteiger partial charge >= 0.3 is 41.2 Å². The zero-order valence-corrected chi connectivity index (χ0v) is 25.8. The molecule has 268 valence electrons. The van der Waals surface area contributed by atoms with Crippen LogP contribution < -0.4 is 16.7 Å². The summed E-state index contributed by atoms with van der Waals surface area (Å²) in [5.41, 5.74) is 3.57. The summed E-state index contributed by atoms with van der Waals surface area (Å²) in [6.07, 6.45) is -3.14. The van der Waals surface area contributed by atoms with Gasteiger partial charge in [0.15, 0.2) is 0 Å². The maximum Gasteiger partial charge on any atom is 0.471 e. The predicted octanol–water partition coefficient (Wildman–Crippen LogP) is -3.42. The Balaban J connectivity index is 0. The molecule has 1 aromatic rings. The number of aliphatic hydroxyl groups excluding tert-OH is 1. The summed E-state index contributed by atoms with van der Waals surface area (Å²) in [5, 5.41) is 11.0. The van der Waals surface area contributed by atoms with Crippen LogP contribution in [-0.2, 0) is 38.4 Å². The van der Waals surface area contributed by atoms with Crippen molar-refractivity contribution in [1.29, 1.82) is 0 Å². The quantitative estimate of drug-likeness (QED) is 0.0665. The van der Waals surface area contributed by atoms with Gasteiger partial charge in [-0.1, -0.05) is 5.92 Å². The molecule has 1 amide bonds. The highest BCUT2D eigenvalue weighted by molar-refractivity contribution is 7.45. The van der Waals surface area contributed by atoms with Gasteiger partial charge in [0.05, 0.1) is 32.5 Å². The van der Waals surface area contributed by atoms with E-state index in [4.69, 9.17) is 77.7 Å². The number of nitrogen functional groups attached to an aromatic ring is 1. The molecule has 0 aromatic carbocycles. The molecule has 0 unspecified atom stereocenters. The number of phosphoric acid groups is 3. The highest BCUT2D eigenvalue weighted by Gasteiger charge is 2.41. The fourth-order valence-electron chi connectivity index (χ4n) is 2.75. The molecular weight excluding hydrogens is 710 g/mol. The first-order valence-electron chi connectivity index (χ1n) is 11.7. The number of aromatic nitrogens is 2. The number of carbonyl (C=O) groups is 1. The summed E-state index contributed by atoms with van der Waals surface area (Å²) in [5.74, 6) is 3.64. The van der Waals surface area contributed by atoms with Crippen LogP contribution in [0.1, 0.15) is 12.8 Å². The topological polar surface area (TPSA) is 371 Å². The van der Waals surface area contributed by atoms with E-state index in [1.165, 1.54) is 16.8 Å². The summed E-state index contributed by atoms with van der Waals surface area (Å²) in [7, 11) is -13.9. The average molecular weight is 742 g/mol. The molecule has 13 N–H and O–H groups in total. The molecule has 46 heavy (non-hydrogen) atoms. The summed E-state index contributed by atoms with van der Waals surface area (Å²) in [6.45, 7) is -0.451. The number of hydrogen-bond acceptors (Lipinski definition) is 11. The SMILES string of the molecule is Nc1ccn([C@@]2(C#CCOCCOCCNC(=O)C(F)(F)F)CC[C@@H](CO)O2)c(=O)n1.O=P(O)(O)O.O=P(O)(O)O.O=P(O)(O)O. The molecule has 22 nitrogen and oxygen atoms in total. The molecule has 2 heterocycles. The van der Waals surface area contributed by atoms with Gasteiger partial charge in [-0.05, 0) is 18.4 Å². The number of ether oxygens (including phenoxy) is 3. The molecule has 1 fully saturated rings. The van der Waals surface area contributed by atoms with Crippen LogP contribution in [0, 0.1) is 11.8 Å². The van der Waals surface area contributed by atoms with E-state index in [0.717, 1.165) is 0 Å². The Morgan fingerprint density at radius 1 is 1.04 bits per heavy atom. The van der Waals surface area contributed by atoms with E-state index >= 15 is 0 Å². The first-order chi connectivity index (χ1) is 20.7. The highest BCUT2D eigenvalue weighted by atomic mass is 31.2. The van der Waals surface area contributed by atoms with Gasteiger partial charge in [-0.25, -0.2) is 18.5 Å². The van der Waals surface area contributed by atoms with Crippen molar-refractivity contribution in [3.63, 3.8) is 0 Å². The van der Waals surface area contributed by atoms with Gasteiger partial charge in [0.2, 0.25) is 5.72 Å². The van der Waals surface area contributed by atoms with Crippen LogP contribution in [0.25, 0.3) is 0 Å². The summed E-state index contributed by atoms with van der Waals surface area (Å²) >= 11 is 0. The standard InChI is InChI=1S/C18H23F3N4O6.3H3O4P/c19-18(20,21)15(27)23-6-9-30-11-10-29-8-1-4-17(5-2-13(12-26)31-17)25-7-3-14(22)24-16(25)28;3*1-5(2,3)4/h3,7,13,26H,2,5-6,8-12H2,(H,23,27)(H2,22,24,28);3*(H3,1,2,3,4)/t13-,17+;;;/m0.../s1. The second-order valence-corrected chi connectivity index (χ2v) is 11.1. The average Bonchev–Trinajstić information content (AvgIpc) is 3.25. The Morgan fingerprint density at radius 3 is 1.98 bits per heavy atom. The highest BCUT2D eigenvalue weighted by Crippen LogP contribution is 2.33. The van der Waals surface area contributed by atoms with Crippen molar-refractivity contribution in [2.75, 3.05) is 45.3 Å². The Morgan fingerprint density at radius 2 is 1.54 bits per heavy atom. The predicted molar refractivity (Wildman–Crippen MR) is 143 cm³/mol. The van der Waals surface area contributed by atoms with E-state index in [1.54, 1.807) is 5.32 Å². The zero-order valence-electron chi connectivity index (χ0n) is 23.1. The molecule has 2 atom stereocenters. The van der Waals surface area contributed by atoms with Gasteiger partial charge in [-0.2, -0.15) is 18.2 Å². The van der Waals surface area contributed by atoms with Gasteiger partial charge in [0, 0.05) is 19.2 Å². The minimum atomic E-state index is -4.92. The maximum atomic E-state index is 12.2. The number of rotatable bonds is 9. The van der Waals surface area contributed by atoms with E-state index < -0.39 is 53.1 Å². The Hall–Kier alpha value is -2.33. The lowest BCUT2D eigenvalue weighted by atomic mass is 10.1. The molecular formula is C18H32F3N4O18P3. The third-order valence-corrected chi connectivity index (χ3v) is 4.20. The smallest absolute Gasteiger partial charge is 0.394 e. The number of anilines is 1. The normalized spacial score (nSPS) is 17.9. The van der Waals surface area contributed by atoms with Crippen LogP contribution in [0.3, 0.4) is 0 Å². The molecule has 1 aromatic heterocycles. The third-order valence-electron chi connectivity index (χ3n) is 4.20. The van der Waals surface area contributed by atoms with Gasteiger partial charge < -0.3 is 74.4 Å².